The van der Waals surface area contributed by atoms with Crippen LogP contribution in [0.25, 0.3) is 0 Å². The molecule has 2 rings (SSSR count). The number of hydrogen-bond donors (Lipinski definition) is 2. The number of rotatable bonds is 6. The minimum absolute atomic E-state index is 0.0554. The van der Waals surface area contributed by atoms with Gasteiger partial charge in [-0.05, 0) is 24.3 Å². The highest BCUT2D eigenvalue weighted by Crippen LogP contribution is 2.22. The molecule has 0 saturated heterocycles. The molecule has 0 fully saturated rings. The molecule has 7 heteroatoms. The van der Waals surface area contributed by atoms with E-state index < -0.39 is 17.6 Å². The van der Waals surface area contributed by atoms with Crippen molar-refractivity contribution in [1.29, 1.82) is 0 Å². The zero-order valence-corrected chi connectivity index (χ0v) is 13.3. The highest BCUT2D eigenvalue weighted by molar-refractivity contribution is 5.99. The van der Waals surface area contributed by atoms with Crippen LogP contribution in [-0.2, 0) is 4.79 Å². The minimum Gasteiger partial charge on any atom is -0.497 e. The van der Waals surface area contributed by atoms with Gasteiger partial charge in [-0.2, -0.15) is 0 Å². The Morgan fingerprint density at radius 3 is 2.25 bits per heavy atom. The van der Waals surface area contributed by atoms with E-state index in [0.717, 1.165) is 0 Å². The van der Waals surface area contributed by atoms with Crippen LogP contribution in [0.2, 0.25) is 0 Å². The predicted molar refractivity (Wildman–Crippen MR) is 86.9 cm³/mol. The molecule has 0 aliphatic rings. The van der Waals surface area contributed by atoms with Gasteiger partial charge in [0.05, 0.1) is 26.5 Å². The molecule has 0 aliphatic heterocycles. The van der Waals surface area contributed by atoms with Crippen LogP contribution in [-0.4, -0.2) is 32.6 Å². The summed E-state index contributed by atoms with van der Waals surface area (Å²) in [7, 11) is 2.94. The number of ether oxygens (including phenoxy) is 2. The van der Waals surface area contributed by atoms with Crippen LogP contribution in [0.1, 0.15) is 10.4 Å². The highest BCUT2D eigenvalue weighted by Gasteiger charge is 2.12. The van der Waals surface area contributed by atoms with Crippen LogP contribution in [0, 0.1) is 5.82 Å². The first-order chi connectivity index (χ1) is 11.5. The summed E-state index contributed by atoms with van der Waals surface area (Å²) in [6.45, 7) is -0.299. The van der Waals surface area contributed by atoms with Gasteiger partial charge < -0.3 is 20.1 Å². The summed E-state index contributed by atoms with van der Waals surface area (Å²) in [6.07, 6.45) is 0. The van der Waals surface area contributed by atoms with Crippen LogP contribution in [0.15, 0.2) is 42.5 Å². The van der Waals surface area contributed by atoms with Crippen LogP contribution < -0.4 is 20.1 Å². The van der Waals surface area contributed by atoms with Crippen molar-refractivity contribution in [1.82, 2.24) is 5.32 Å². The third kappa shape index (κ3) is 4.45. The Hall–Kier alpha value is -3.09. The number of anilines is 1. The normalized spacial score (nSPS) is 9.96. The van der Waals surface area contributed by atoms with E-state index in [9.17, 15) is 14.0 Å². The first-order valence-corrected chi connectivity index (χ1v) is 7.09. The third-order valence-corrected chi connectivity index (χ3v) is 3.17. The number of benzene rings is 2. The summed E-state index contributed by atoms with van der Waals surface area (Å²) >= 11 is 0. The number of carbonyl (C=O) groups is 2. The van der Waals surface area contributed by atoms with E-state index in [-0.39, 0.29) is 17.8 Å². The van der Waals surface area contributed by atoms with Gasteiger partial charge >= 0.3 is 0 Å². The number of amides is 2. The van der Waals surface area contributed by atoms with E-state index in [1.807, 2.05) is 0 Å². The van der Waals surface area contributed by atoms with Gasteiger partial charge in [-0.1, -0.05) is 12.1 Å². The summed E-state index contributed by atoms with van der Waals surface area (Å²) < 4.78 is 23.6. The predicted octanol–water partition coefficient (Wildman–Crippen LogP) is 2.21. The average Bonchev–Trinajstić information content (AvgIpc) is 2.61. The highest BCUT2D eigenvalue weighted by atomic mass is 19.1. The second-order valence-electron chi connectivity index (χ2n) is 4.81. The van der Waals surface area contributed by atoms with Crippen LogP contribution in [0.3, 0.4) is 0 Å². The number of methoxy groups -OCH3 is 2. The maximum Gasteiger partial charge on any atom is 0.251 e. The Balaban J connectivity index is 1.98. The number of nitrogens with one attached hydrogen (secondary N) is 2. The van der Waals surface area contributed by atoms with Crippen molar-refractivity contribution in [3.63, 3.8) is 0 Å². The molecule has 0 aliphatic carbocycles. The molecule has 0 unspecified atom stereocenters. The lowest BCUT2D eigenvalue weighted by Gasteiger charge is -2.10. The number of para-hydroxylation sites is 1. The fraction of sp³-hybridized carbons (Fsp3) is 0.176. The fourth-order valence-corrected chi connectivity index (χ4v) is 1.96. The fourth-order valence-electron chi connectivity index (χ4n) is 1.96. The van der Waals surface area contributed by atoms with E-state index in [4.69, 9.17) is 9.47 Å². The SMILES string of the molecule is COc1cc(OC)cc(C(=O)NCC(=O)Nc2ccccc2F)c1. The van der Waals surface area contributed by atoms with E-state index in [1.54, 1.807) is 12.1 Å². The molecule has 2 aromatic carbocycles. The van der Waals surface area contributed by atoms with Gasteiger partial charge in [-0.25, -0.2) is 4.39 Å². The molecule has 0 saturated carbocycles. The van der Waals surface area contributed by atoms with Gasteiger partial charge in [0.25, 0.3) is 5.91 Å². The summed E-state index contributed by atoms with van der Waals surface area (Å²) in [5, 5.41) is 4.84. The second-order valence-corrected chi connectivity index (χ2v) is 4.81. The molecule has 6 nitrogen and oxygen atoms in total. The lowest BCUT2D eigenvalue weighted by Crippen LogP contribution is -2.33. The zero-order valence-electron chi connectivity index (χ0n) is 13.3. The third-order valence-electron chi connectivity index (χ3n) is 3.17. The molecule has 0 aromatic heterocycles. The summed E-state index contributed by atoms with van der Waals surface area (Å²) in [5.41, 5.74) is 0.338. The van der Waals surface area contributed by atoms with Gasteiger partial charge in [-0.3, -0.25) is 9.59 Å². The Labute approximate surface area is 138 Å². The molecular formula is C17H17FN2O4. The van der Waals surface area contributed by atoms with Crippen LogP contribution in [0.4, 0.5) is 10.1 Å². The molecule has 2 N–H and O–H groups in total. The first-order valence-electron chi connectivity index (χ1n) is 7.09. The monoisotopic (exact) mass is 332 g/mol. The van der Waals surface area contributed by atoms with E-state index >= 15 is 0 Å². The van der Waals surface area contributed by atoms with Gasteiger partial charge in [-0.15, -0.1) is 0 Å². The standard InChI is InChI=1S/C17H17FN2O4/c1-23-12-7-11(8-13(9-12)24-2)17(22)19-10-16(21)20-15-6-4-3-5-14(15)18/h3-9H,10H2,1-2H3,(H,19,22)(H,20,21). The van der Waals surface area contributed by atoms with E-state index in [2.05, 4.69) is 10.6 Å². The van der Waals surface area contributed by atoms with Crippen molar-refractivity contribution in [2.75, 3.05) is 26.1 Å². The summed E-state index contributed by atoms with van der Waals surface area (Å²) in [6, 6.07) is 10.4. The van der Waals surface area contributed by atoms with Crippen molar-refractivity contribution >= 4 is 17.5 Å². The maximum absolute atomic E-state index is 13.5. The Bertz CT molecular complexity index is 727. The van der Waals surface area contributed by atoms with Crippen molar-refractivity contribution in [2.45, 2.75) is 0 Å². The molecule has 2 aromatic rings. The van der Waals surface area contributed by atoms with Crippen molar-refractivity contribution in [3.8, 4) is 11.5 Å². The Morgan fingerprint density at radius 2 is 1.67 bits per heavy atom. The number of hydrogen-bond acceptors (Lipinski definition) is 4. The topological polar surface area (TPSA) is 76.7 Å². The van der Waals surface area contributed by atoms with Gasteiger partial charge in [0.2, 0.25) is 5.91 Å². The Kier molecular flexibility index (Phi) is 5.73. The van der Waals surface area contributed by atoms with Crippen molar-refractivity contribution < 1.29 is 23.5 Å². The first kappa shape index (κ1) is 17.3. The molecule has 0 radical (unpaired) electrons. The Morgan fingerprint density at radius 1 is 1.04 bits per heavy atom. The van der Waals surface area contributed by atoms with Crippen LogP contribution in [0.5, 0.6) is 11.5 Å². The number of carbonyl (C=O) groups excluding carboxylic acids is 2. The molecule has 24 heavy (non-hydrogen) atoms. The molecule has 126 valence electrons. The average molecular weight is 332 g/mol. The van der Waals surface area contributed by atoms with Crippen LogP contribution >= 0.6 is 0 Å². The number of halogens is 1. The smallest absolute Gasteiger partial charge is 0.251 e. The summed E-state index contributed by atoms with van der Waals surface area (Å²) in [5.74, 6) is -0.653. The lowest BCUT2D eigenvalue weighted by molar-refractivity contribution is -0.115. The van der Waals surface area contributed by atoms with Gasteiger partial charge in [0.1, 0.15) is 17.3 Å². The lowest BCUT2D eigenvalue weighted by atomic mass is 10.2. The van der Waals surface area contributed by atoms with Gasteiger partial charge in [0.15, 0.2) is 0 Å². The van der Waals surface area contributed by atoms with E-state index in [0.29, 0.717) is 11.5 Å². The quantitative estimate of drug-likeness (QED) is 0.850. The molecule has 2 amide bonds. The molecule has 0 bridgehead atoms. The zero-order chi connectivity index (χ0) is 17.5. The maximum atomic E-state index is 13.5. The van der Waals surface area contributed by atoms with Crippen molar-refractivity contribution in [2.24, 2.45) is 0 Å². The van der Waals surface area contributed by atoms with E-state index in [1.165, 1.54) is 44.6 Å². The second kappa shape index (κ2) is 7.96. The van der Waals surface area contributed by atoms with Crippen molar-refractivity contribution in [3.05, 3.63) is 53.8 Å². The largest absolute Gasteiger partial charge is 0.497 e. The molecule has 0 spiro atoms. The molecule has 0 atom stereocenters. The molecular weight excluding hydrogens is 315 g/mol. The van der Waals surface area contributed by atoms with Gasteiger partial charge in [0, 0.05) is 11.6 Å². The minimum atomic E-state index is -0.547. The molecule has 0 heterocycles. The summed E-state index contributed by atoms with van der Waals surface area (Å²) in [4.78, 5) is 23.9.